The van der Waals surface area contributed by atoms with Gasteiger partial charge in [0, 0.05) is 0 Å². The Kier molecular flexibility index (Phi) is 1.62. The topological polar surface area (TPSA) is 44.5 Å². The molecule has 0 aromatic rings. The van der Waals surface area contributed by atoms with Gasteiger partial charge in [-0.25, -0.2) is 0 Å². The minimum absolute atomic E-state index is 0.464. The van der Waals surface area contributed by atoms with Gasteiger partial charge in [0.15, 0.2) is 0 Å². The number of ether oxygens (including phenoxy) is 2. The summed E-state index contributed by atoms with van der Waals surface area (Å²) in [6.07, 6.45) is 0.502. The fourth-order valence-corrected chi connectivity index (χ4v) is 0.506. The third-order valence-corrected chi connectivity index (χ3v) is 0.853. The Morgan fingerprint density at radius 2 is 1.86 bits per heavy atom. The maximum absolute atomic E-state index is 5.19. The van der Waals surface area contributed by atoms with Crippen LogP contribution in [0, 0.1) is 0 Å². The zero-order chi connectivity index (χ0) is 5.11. The second kappa shape index (κ2) is 2.26. The van der Waals surface area contributed by atoms with Crippen molar-refractivity contribution in [1.82, 2.24) is 0 Å². The maximum atomic E-state index is 5.19. The molecule has 0 spiro atoms. The molecule has 3 heteroatoms. The first-order valence-corrected chi connectivity index (χ1v) is 2.38. The SMILES string of the molecule is NC1OCCCO1. The summed E-state index contributed by atoms with van der Waals surface area (Å²) in [5.41, 5.74) is 5.19. The normalized spacial score (nSPS) is 25.3. The Hall–Kier alpha value is -0.120. The van der Waals surface area contributed by atoms with Crippen molar-refractivity contribution in [2.45, 2.75) is 12.8 Å². The highest BCUT2D eigenvalue weighted by molar-refractivity contribution is 4.41. The third-order valence-electron chi connectivity index (χ3n) is 0.853. The molecular formula is C4H9NO2. The molecule has 0 aliphatic carbocycles. The standard InChI is InChI=1S/C4H9NO2/c5-4-6-2-1-3-7-4/h4H,1-3,5H2. The highest BCUT2D eigenvalue weighted by atomic mass is 16.7. The van der Waals surface area contributed by atoms with Crippen molar-refractivity contribution in [2.24, 2.45) is 5.73 Å². The summed E-state index contributed by atoms with van der Waals surface area (Å²) in [5, 5.41) is 0. The zero-order valence-electron chi connectivity index (χ0n) is 4.09. The van der Waals surface area contributed by atoms with Gasteiger partial charge in [-0.3, -0.25) is 5.73 Å². The summed E-state index contributed by atoms with van der Waals surface area (Å²) in [5.74, 6) is 0. The van der Waals surface area contributed by atoms with E-state index in [1.54, 1.807) is 0 Å². The van der Waals surface area contributed by atoms with Gasteiger partial charge in [-0.1, -0.05) is 0 Å². The van der Waals surface area contributed by atoms with E-state index in [1.807, 2.05) is 0 Å². The van der Waals surface area contributed by atoms with E-state index in [1.165, 1.54) is 0 Å². The largest absolute Gasteiger partial charge is 0.340 e. The summed E-state index contributed by atoms with van der Waals surface area (Å²) in [6, 6.07) is 0. The van der Waals surface area contributed by atoms with Crippen molar-refractivity contribution in [1.29, 1.82) is 0 Å². The van der Waals surface area contributed by atoms with E-state index in [4.69, 9.17) is 15.2 Å². The second-order valence-corrected chi connectivity index (χ2v) is 1.46. The monoisotopic (exact) mass is 103 g/mol. The van der Waals surface area contributed by atoms with Crippen LogP contribution in [0.2, 0.25) is 0 Å². The molecule has 0 bridgehead atoms. The molecule has 0 atom stereocenters. The lowest BCUT2D eigenvalue weighted by Crippen LogP contribution is -2.32. The summed E-state index contributed by atoms with van der Waals surface area (Å²) in [4.78, 5) is 0. The van der Waals surface area contributed by atoms with Crippen molar-refractivity contribution in [2.75, 3.05) is 13.2 Å². The van der Waals surface area contributed by atoms with Crippen LogP contribution in [0.3, 0.4) is 0 Å². The van der Waals surface area contributed by atoms with Crippen LogP contribution in [-0.2, 0) is 9.47 Å². The number of hydrogen-bond acceptors (Lipinski definition) is 3. The molecule has 1 aliphatic heterocycles. The summed E-state index contributed by atoms with van der Waals surface area (Å²) >= 11 is 0. The fourth-order valence-electron chi connectivity index (χ4n) is 0.506. The van der Waals surface area contributed by atoms with E-state index < -0.39 is 6.41 Å². The Morgan fingerprint density at radius 1 is 1.29 bits per heavy atom. The first-order valence-electron chi connectivity index (χ1n) is 2.38. The van der Waals surface area contributed by atoms with E-state index in [-0.39, 0.29) is 0 Å². The molecule has 3 nitrogen and oxygen atoms in total. The molecule has 0 amide bonds. The molecule has 1 aliphatic rings. The molecule has 0 unspecified atom stereocenters. The average Bonchev–Trinajstić information content (AvgIpc) is 1.69. The number of hydrogen-bond donors (Lipinski definition) is 1. The lowest BCUT2D eigenvalue weighted by molar-refractivity contribution is -0.174. The van der Waals surface area contributed by atoms with Gasteiger partial charge in [0.2, 0.25) is 6.41 Å². The Bertz CT molecular complexity index is 51.7. The van der Waals surface area contributed by atoms with Gasteiger partial charge in [-0.05, 0) is 6.42 Å². The third kappa shape index (κ3) is 1.43. The van der Waals surface area contributed by atoms with Gasteiger partial charge < -0.3 is 9.47 Å². The molecule has 1 saturated heterocycles. The smallest absolute Gasteiger partial charge is 0.213 e. The maximum Gasteiger partial charge on any atom is 0.213 e. The Labute approximate surface area is 42.4 Å². The molecular weight excluding hydrogens is 94.0 g/mol. The van der Waals surface area contributed by atoms with Crippen LogP contribution >= 0.6 is 0 Å². The van der Waals surface area contributed by atoms with E-state index in [0.29, 0.717) is 0 Å². The summed E-state index contributed by atoms with van der Waals surface area (Å²) in [7, 11) is 0. The zero-order valence-corrected chi connectivity index (χ0v) is 4.09. The lowest BCUT2D eigenvalue weighted by Gasteiger charge is -2.18. The quantitative estimate of drug-likeness (QED) is 0.456. The summed E-state index contributed by atoms with van der Waals surface area (Å²) in [6.45, 7) is 1.47. The molecule has 1 fully saturated rings. The highest BCUT2D eigenvalue weighted by Gasteiger charge is 2.06. The number of nitrogens with two attached hydrogens (primary N) is 1. The predicted octanol–water partition coefficient (Wildman–Crippen LogP) is -0.334. The van der Waals surface area contributed by atoms with Crippen LogP contribution in [0.25, 0.3) is 0 Å². The van der Waals surface area contributed by atoms with Crippen LogP contribution in [0.4, 0.5) is 0 Å². The summed E-state index contributed by atoms with van der Waals surface area (Å²) < 4.78 is 9.67. The molecule has 2 N–H and O–H groups in total. The molecule has 1 rings (SSSR count). The molecule has 7 heavy (non-hydrogen) atoms. The highest BCUT2D eigenvalue weighted by Crippen LogP contribution is 1.97. The molecule has 0 radical (unpaired) electrons. The van der Waals surface area contributed by atoms with Crippen molar-refractivity contribution < 1.29 is 9.47 Å². The van der Waals surface area contributed by atoms with E-state index in [2.05, 4.69) is 0 Å². The Balaban J connectivity index is 2.12. The van der Waals surface area contributed by atoms with Gasteiger partial charge in [-0.2, -0.15) is 0 Å². The van der Waals surface area contributed by atoms with Crippen LogP contribution in [0.5, 0.6) is 0 Å². The molecule has 1 heterocycles. The van der Waals surface area contributed by atoms with Crippen molar-refractivity contribution in [3.63, 3.8) is 0 Å². The van der Waals surface area contributed by atoms with Crippen molar-refractivity contribution in [3.05, 3.63) is 0 Å². The van der Waals surface area contributed by atoms with Crippen LogP contribution in [-0.4, -0.2) is 19.6 Å². The average molecular weight is 103 g/mol. The van der Waals surface area contributed by atoms with Gasteiger partial charge in [0.25, 0.3) is 0 Å². The van der Waals surface area contributed by atoms with Gasteiger partial charge in [-0.15, -0.1) is 0 Å². The second-order valence-electron chi connectivity index (χ2n) is 1.46. The van der Waals surface area contributed by atoms with Gasteiger partial charge in [0.1, 0.15) is 0 Å². The van der Waals surface area contributed by atoms with E-state index in [9.17, 15) is 0 Å². The fraction of sp³-hybridized carbons (Fsp3) is 1.00. The van der Waals surface area contributed by atoms with Gasteiger partial charge in [0.05, 0.1) is 13.2 Å². The number of rotatable bonds is 0. The Morgan fingerprint density at radius 3 is 2.14 bits per heavy atom. The minimum Gasteiger partial charge on any atom is -0.340 e. The van der Waals surface area contributed by atoms with Crippen molar-refractivity contribution in [3.8, 4) is 0 Å². The molecule has 0 aromatic heterocycles. The van der Waals surface area contributed by atoms with Crippen LogP contribution in [0.15, 0.2) is 0 Å². The van der Waals surface area contributed by atoms with E-state index >= 15 is 0 Å². The molecule has 0 saturated carbocycles. The van der Waals surface area contributed by atoms with Crippen LogP contribution < -0.4 is 5.73 Å². The molecule has 0 aromatic carbocycles. The minimum atomic E-state index is -0.464. The lowest BCUT2D eigenvalue weighted by atomic mass is 10.5. The first-order chi connectivity index (χ1) is 3.39. The first kappa shape index (κ1) is 5.03. The van der Waals surface area contributed by atoms with Crippen LogP contribution in [0.1, 0.15) is 6.42 Å². The molecule has 42 valence electrons. The predicted molar refractivity (Wildman–Crippen MR) is 24.5 cm³/mol. The van der Waals surface area contributed by atoms with E-state index in [0.717, 1.165) is 19.6 Å². The van der Waals surface area contributed by atoms with Crippen molar-refractivity contribution >= 4 is 0 Å². The van der Waals surface area contributed by atoms with Gasteiger partial charge >= 0.3 is 0 Å².